The number of para-hydroxylation sites is 1. The van der Waals surface area contributed by atoms with E-state index < -0.39 is 11.2 Å². The first-order chi connectivity index (χ1) is 13.5. The first-order valence-electron chi connectivity index (χ1n) is 8.88. The molecule has 0 spiro atoms. The van der Waals surface area contributed by atoms with E-state index >= 15 is 0 Å². The van der Waals surface area contributed by atoms with Gasteiger partial charge in [-0.25, -0.2) is 9.78 Å². The zero-order valence-corrected chi connectivity index (χ0v) is 15.5. The number of aromatic nitrogens is 4. The second-order valence-electron chi connectivity index (χ2n) is 6.65. The lowest BCUT2D eigenvalue weighted by Crippen LogP contribution is -2.33. The fourth-order valence-corrected chi connectivity index (χ4v) is 3.36. The number of rotatable bonds is 4. The molecule has 1 aromatic carbocycles. The van der Waals surface area contributed by atoms with Gasteiger partial charge in [0.25, 0.3) is 11.5 Å². The van der Waals surface area contributed by atoms with E-state index in [-0.39, 0.29) is 22.5 Å². The quantitative estimate of drug-likeness (QED) is 0.560. The van der Waals surface area contributed by atoms with Crippen molar-refractivity contribution in [1.29, 1.82) is 0 Å². The lowest BCUT2D eigenvalue weighted by atomic mass is 10.1. The second-order valence-corrected chi connectivity index (χ2v) is 6.65. The van der Waals surface area contributed by atoms with Crippen LogP contribution < -0.4 is 16.6 Å². The minimum Gasteiger partial charge on any atom is -0.350 e. The molecule has 0 aliphatic heterocycles. The fraction of sp³-hybridized carbons (Fsp3) is 0.200. The normalized spacial score (nSPS) is 11.2. The Morgan fingerprint density at radius 2 is 2.00 bits per heavy atom. The number of pyridine rings is 1. The lowest BCUT2D eigenvalue weighted by molar-refractivity contribution is 0.0954. The van der Waals surface area contributed by atoms with Gasteiger partial charge in [0.2, 0.25) is 0 Å². The monoisotopic (exact) mass is 377 g/mol. The molecule has 1 amide bonds. The number of hydrogen-bond donors (Lipinski definition) is 2. The van der Waals surface area contributed by atoms with Crippen LogP contribution in [0.15, 0.2) is 52.2 Å². The molecule has 3 heterocycles. The minimum absolute atomic E-state index is 0.108. The number of aryl methyl sites for hydroxylation is 2. The third kappa shape index (κ3) is 2.98. The summed E-state index contributed by atoms with van der Waals surface area (Å²) in [5.41, 5.74) is 0.851. The summed E-state index contributed by atoms with van der Waals surface area (Å²) in [5, 5.41) is 4.10. The third-order valence-electron chi connectivity index (χ3n) is 4.76. The van der Waals surface area contributed by atoms with Crippen molar-refractivity contribution >= 4 is 27.8 Å². The van der Waals surface area contributed by atoms with Gasteiger partial charge in [-0.3, -0.25) is 19.1 Å². The number of aromatic amines is 1. The molecule has 0 fully saturated rings. The molecular weight excluding hydrogens is 358 g/mol. The average Bonchev–Trinajstić information content (AvgIpc) is 3.08. The van der Waals surface area contributed by atoms with Gasteiger partial charge < -0.3 is 9.88 Å². The molecule has 0 unspecified atom stereocenters. The van der Waals surface area contributed by atoms with Gasteiger partial charge in [-0.05, 0) is 30.5 Å². The van der Waals surface area contributed by atoms with Gasteiger partial charge in [0.05, 0.1) is 10.9 Å². The molecule has 4 aromatic rings. The highest BCUT2D eigenvalue weighted by atomic mass is 16.2. The van der Waals surface area contributed by atoms with Gasteiger partial charge >= 0.3 is 5.69 Å². The summed E-state index contributed by atoms with van der Waals surface area (Å²) in [6.07, 6.45) is 1.98. The first-order valence-corrected chi connectivity index (χ1v) is 8.88. The number of nitrogens with one attached hydrogen (secondary N) is 2. The van der Waals surface area contributed by atoms with E-state index in [0.29, 0.717) is 18.8 Å². The van der Waals surface area contributed by atoms with Crippen LogP contribution in [-0.4, -0.2) is 31.6 Å². The highest BCUT2D eigenvalue weighted by Crippen LogP contribution is 2.15. The molecule has 0 bridgehead atoms. The molecule has 0 aliphatic carbocycles. The number of nitrogens with zero attached hydrogens (tertiary/aromatic N) is 3. The van der Waals surface area contributed by atoms with Crippen LogP contribution in [0.5, 0.6) is 0 Å². The standard InChI is InChI=1S/C20H19N5O3/c1-12-11-14(16-17(22-12)24(2)20(28)23-19(16)27)18(26)21-8-10-25-9-7-13-5-3-4-6-15(13)25/h3-7,9,11H,8,10H2,1-2H3,(H,21,26)(H,23,27,28). The molecule has 0 atom stereocenters. The van der Waals surface area contributed by atoms with Gasteiger partial charge in [0.15, 0.2) is 0 Å². The van der Waals surface area contributed by atoms with Crippen LogP contribution >= 0.6 is 0 Å². The molecular formula is C20H19N5O3. The Morgan fingerprint density at radius 3 is 2.82 bits per heavy atom. The van der Waals surface area contributed by atoms with E-state index in [4.69, 9.17) is 0 Å². The van der Waals surface area contributed by atoms with Crippen LogP contribution in [0, 0.1) is 6.92 Å². The summed E-state index contributed by atoms with van der Waals surface area (Å²) in [6.45, 7) is 2.70. The summed E-state index contributed by atoms with van der Waals surface area (Å²) < 4.78 is 3.29. The largest absolute Gasteiger partial charge is 0.350 e. The van der Waals surface area contributed by atoms with E-state index in [0.717, 1.165) is 10.9 Å². The van der Waals surface area contributed by atoms with E-state index in [2.05, 4.69) is 19.9 Å². The molecule has 0 radical (unpaired) electrons. The first kappa shape index (κ1) is 17.7. The Labute approximate surface area is 159 Å². The molecule has 8 heteroatoms. The second kappa shape index (κ2) is 6.80. The fourth-order valence-electron chi connectivity index (χ4n) is 3.36. The predicted octanol–water partition coefficient (Wildman–Crippen LogP) is 1.31. The molecule has 142 valence electrons. The van der Waals surface area contributed by atoms with Crippen molar-refractivity contribution in [2.75, 3.05) is 6.54 Å². The highest BCUT2D eigenvalue weighted by Gasteiger charge is 2.17. The SMILES string of the molecule is Cc1cc(C(=O)NCCn2ccc3ccccc32)c2c(=O)[nH]c(=O)n(C)c2n1. The van der Waals surface area contributed by atoms with Gasteiger partial charge in [-0.15, -0.1) is 0 Å². The number of fused-ring (bicyclic) bond motifs is 2. The van der Waals surface area contributed by atoms with Crippen LogP contribution in [0.1, 0.15) is 16.1 Å². The molecule has 0 saturated heterocycles. The van der Waals surface area contributed by atoms with Crippen molar-refractivity contribution in [3.63, 3.8) is 0 Å². The zero-order chi connectivity index (χ0) is 19.8. The van der Waals surface area contributed by atoms with E-state index in [1.165, 1.54) is 11.6 Å². The molecule has 4 rings (SSSR count). The number of hydrogen-bond acceptors (Lipinski definition) is 4. The molecule has 3 aromatic heterocycles. The van der Waals surface area contributed by atoms with Crippen LogP contribution in [0.25, 0.3) is 21.9 Å². The molecule has 28 heavy (non-hydrogen) atoms. The summed E-state index contributed by atoms with van der Waals surface area (Å²) in [5.74, 6) is -0.379. The van der Waals surface area contributed by atoms with Crippen LogP contribution in [0.3, 0.4) is 0 Å². The molecule has 0 saturated carbocycles. The van der Waals surface area contributed by atoms with Gasteiger partial charge in [-0.2, -0.15) is 0 Å². The third-order valence-corrected chi connectivity index (χ3v) is 4.76. The zero-order valence-electron chi connectivity index (χ0n) is 15.5. The number of H-pyrrole nitrogens is 1. The van der Waals surface area contributed by atoms with Crippen molar-refractivity contribution in [3.05, 3.63) is 74.7 Å². The van der Waals surface area contributed by atoms with Crippen LogP contribution in [-0.2, 0) is 13.6 Å². The Bertz CT molecular complexity index is 1330. The lowest BCUT2D eigenvalue weighted by Gasteiger charge is -2.11. The maximum Gasteiger partial charge on any atom is 0.329 e. The highest BCUT2D eigenvalue weighted by molar-refractivity contribution is 6.05. The van der Waals surface area contributed by atoms with E-state index in [1.54, 1.807) is 13.0 Å². The van der Waals surface area contributed by atoms with Gasteiger partial charge in [-0.1, -0.05) is 18.2 Å². The Hall–Kier alpha value is -3.68. The van der Waals surface area contributed by atoms with Crippen LogP contribution in [0.4, 0.5) is 0 Å². The van der Waals surface area contributed by atoms with Crippen molar-refractivity contribution < 1.29 is 4.79 Å². The number of carbonyl (C=O) groups excluding carboxylic acids is 1. The topological polar surface area (TPSA) is 102 Å². The van der Waals surface area contributed by atoms with Crippen molar-refractivity contribution in [2.24, 2.45) is 7.05 Å². The summed E-state index contributed by atoms with van der Waals surface area (Å²) in [6, 6.07) is 11.6. The molecule has 8 nitrogen and oxygen atoms in total. The van der Waals surface area contributed by atoms with Crippen molar-refractivity contribution in [3.8, 4) is 0 Å². The van der Waals surface area contributed by atoms with E-state index in [9.17, 15) is 14.4 Å². The Morgan fingerprint density at radius 1 is 1.21 bits per heavy atom. The number of benzene rings is 1. The van der Waals surface area contributed by atoms with Crippen LogP contribution in [0.2, 0.25) is 0 Å². The molecule has 0 aliphatic rings. The summed E-state index contributed by atoms with van der Waals surface area (Å²) in [4.78, 5) is 43.4. The van der Waals surface area contributed by atoms with Gasteiger partial charge in [0.1, 0.15) is 5.65 Å². The van der Waals surface area contributed by atoms with Gasteiger partial charge in [0, 0.05) is 37.5 Å². The van der Waals surface area contributed by atoms with Crippen molar-refractivity contribution in [1.82, 2.24) is 24.4 Å². The Balaban J connectivity index is 1.62. The number of amides is 1. The number of carbonyl (C=O) groups is 1. The minimum atomic E-state index is -0.618. The Kier molecular flexibility index (Phi) is 4.31. The molecule has 2 N–H and O–H groups in total. The predicted molar refractivity (Wildman–Crippen MR) is 107 cm³/mol. The van der Waals surface area contributed by atoms with Crippen molar-refractivity contribution in [2.45, 2.75) is 13.5 Å². The van der Waals surface area contributed by atoms with E-state index in [1.807, 2.05) is 36.5 Å². The average molecular weight is 377 g/mol. The summed E-state index contributed by atoms with van der Waals surface area (Å²) in [7, 11) is 1.51. The smallest absolute Gasteiger partial charge is 0.329 e. The summed E-state index contributed by atoms with van der Waals surface area (Å²) >= 11 is 0. The maximum atomic E-state index is 12.8. The maximum absolute atomic E-state index is 12.8.